The first kappa shape index (κ1) is 19.7. The van der Waals surface area contributed by atoms with E-state index in [1.165, 1.54) is 16.7 Å². The molecule has 4 unspecified atom stereocenters. The molecule has 0 spiro atoms. The highest BCUT2D eigenvalue weighted by Gasteiger charge is 2.85. The Bertz CT molecular complexity index is 715. The van der Waals surface area contributed by atoms with E-state index in [0.29, 0.717) is 12.3 Å². The Hall–Kier alpha value is -0.570. The number of nitrogens with one attached hydrogen (secondary N) is 1. The largest absolute Gasteiger partial charge is 0.459 e. The molecule has 2 saturated heterocycles. The molecule has 2 saturated carbocycles. The van der Waals surface area contributed by atoms with Crippen LogP contribution in [0.4, 0.5) is 4.79 Å². The number of esters is 1. The zero-order valence-corrected chi connectivity index (χ0v) is 17.8. The maximum Gasteiger partial charge on any atom is 0.408 e. The number of amides is 2. The van der Waals surface area contributed by atoms with Gasteiger partial charge in [-0.05, 0) is 32.6 Å². The van der Waals surface area contributed by atoms with Crippen LogP contribution < -0.4 is 5.32 Å². The number of hydrogen-bond acceptors (Lipinski definition) is 6. The third-order valence-electron chi connectivity index (χ3n) is 5.74. The van der Waals surface area contributed by atoms with Crippen molar-refractivity contribution in [2.75, 3.05) is 6.61 Å². The van der Waals surface area contributed by atoms with Crippen molar-refractivity contribution in [1.82, 2.24) is 10.2 Å². The molecule has 27 heavy (non-hydrogen) atoms. The van der Waals surface area contributed by atoms with E-state index in [0.717, 1.165) is 12.8 Å². The number of alkyl carbamates (subject to hydrolysis) is 1. The second-order valence-electron chi connectivity index (χ2n) is 7.75. The Kier molecular flexibility index (Phi) is 4.54. The number of nitrogens with zero attached hydrogens (tertiary/aromatic N) is 1. The molecule has 2 aliphatic carbocycles. The van der Waals surface area contributed by atoms with Crippen molar-refractivity contribution in [2.24, 2.45) is 5.92 Å². The lowest BCUT2D eigenvalue weighted by molar-refractivity contribution is -0.165. The molecule has 2 heterocycles. The molecule has 0 aromatic heterocycles. The van der Waals surface area contributed by atoms with Crippen molar-refractivity contribution >= 4 is 64.5 Å². The van der Waals surface area contributed by atoms with Gasteiger partial charge in [-0.3, -0.25) is 4.79 Å². The summed E-state index contributed by atoms with van der Waals surface area (Å²) in [5.74, 6) is -0.494. The van der Waals surface area contributed by atoms with Crippen LogP contribution in [-0.2, 0) is 19.1 Å². The molecule has 4 aliphatic rings. The fraction of sp³-hybridized carbons (Fsp3) is 0.812. The Labute approximate surface area is 175 Å². The molecule has 4 rings (SSSR count). The van der Waals surface area contributed by atoms with Crippen LogP contribution in [0, 0.1) is 5.92 Å². The lowest BCUT2D eigenvalue weighted by Gasteiger charge is -2.46. The van der Waals surface area contributed by atoms with E-state index in [2.05, 4.69) is 5.32 Å². The first-order chi connectivity index (χ1) is 12.5. The number of carbonyl (C=O) groups is 3. The molecule has 11 heteroatoms. The van der Waals surface area contributed by atoms with Crippen LogP contribution in [-0.4, -0.2) is 61.1 Å². The van der Waals surface area contributed by atoms with Crippen molar-refractivity contribution in [3.8, 4) is 0 Å². The summed E-state index contributed by atoms with van der Waals surface area (Å²) < 4.78 is 8.29. The van der Waals surface area contributed by atoms with Crippen LogP contribution in [0.2, 0.25) is 0 Å². The molecule has 150 valence electrons. The van der Waals surface area contributed by atoms with Crippen LogP contribution in [0.15, 0.2) is 0 Å². The lowest BCUT2D eigenvalue weighted by atomic mass is 10.0. The van der Waals surface area contributed by atoms with E-state index in [-0.39, 0.29) is 17.4 Å². The van der Waals surface area contributed by atoms with Crippen LogP contribution in [0.1, 0.15) is 33.1 Å². The van der Waals surface area contributed by atoms with Gasteiger partial charge in [-0.2, -0.15) is 0 Å². The van der Waals surface area contributed by atoms with Crippen molar-refractivity contribution < 1.29 is 23.9 Å². The van der Waals surface area contributed by atoms with Gasteiger partial charge in [0.1, 0.15) is 24.1 Å². The highest BCUT2D eigenvalue weighted by Crippen LogP contribution is 2.72. The average Bonchev–Trinajstić information content (AvgIpc) is 3.46. The minimum absolute atomic E-state index is 0.165. The summed E-state index contributed by atoms with van der Waals surface area (Å²) in [6, 6.07) is -0.712. The molecule has 0 aromatic carbocycles. The normalized spacial score (nSPS) is 37.7. The molecule has 0 radical (unpaired) electrons. The summed E-state index contributed by atoms with van der Waals surface area (Å²) in [6.45, 7) is 3.35. The van der Waals surface area contributed by atoms with Gasteiger partial charge < -0.3 is 19.7 Å². The maximum absolute atomic E-state index is 12.7. The first-order valence-corrected chi connectivity index (χ1v) is 10.7. The van der Waals surface area contributed by atoms with Crippen LogP contribution >= 0.6 is 46.6 Å². The minimum atomic E-state index is -1.71. The van der Waals surface area contributed by atoms with E-state index < -0.39 is 38.8 Å². The molecule has 1 N–H and O–H groups in total. The molecule has 2 amide bonds. The number of alkyl halides is 3. The topological polar surface area (TPSA) is 84.9 Å². The van der Waals surface area contributed by atoms with Gasteiger partial charge in [-0.25, -0.2) is 9.59 Å². The van der Waals surface area contributed by atoms with Crippen molar-refractivity contribution in [1.29, 1.82) is 0 Å². The third kappa shape index (κ3) is 3.16. The lowest BCUT2D eigenvalue weighted by Crippen LogP contribution is -2.72. The molecule has 0 aromatic rings. The van der Waals surface area contributed by atoms with Crippen LogP contribution in [0.3, 0.4) is 0 Å². The van der Waals surface area contributed by atoms with Gasteiger partial charge in [-0.15, -0.1) is 11.8 Å². The quantitative estimate of drug-likeness (QED) is 0.388. The Morgan fingerprint density at radius 1 is 1.41 bits per heavy atom. The average molecular weight is 458 g/mol. The SMILES string of the molecule is CC(OC(=O)NC1C(=O)N2[C@@H]1SC1(C)CC21C(=O)OCC(Cl)(Cl)Cl)C1CC1. The predicted molar refractivity (Wildman–Crippen MR) is 101 cm³/mol. The zero-order chi connectivity index (χ0) is 19.8. The van der Waals surface area contributed by atoms with Gasteiger partial charge in [-0.1, -0.05) is 34.8 Å². The number of rotatable bonds is 5. The second-order valence-corrected chi connectivity index (χ2v) is 11.9. The van der Waals surface area contributed by atoms with E-state index in [9.17, 15) is 14.4 Å². The van der Waals surface area contributed by atoms with Crippen LogP contribution in [0.5, 0.6) is 0 Å². The number of β-lactam (4-membered cyclic amide) rings is 1. The molecular formula is C16H19Cl3N2O5S. The highest BCUT2D eigenvalue weighted by atomic mass is 35.6. The fourth-order valence-corrected chi connectivity index (χ4v) is 6.03. The number of ether oxygens (including phenoxy) is 2. The van der Waals surface area contributed by atoms with Gasteiger partial charge in [0, 0.05) is 6.42 Å². The van der Waals surface area contributed by atoms with Gasteiger partial charge >= 0.3 is 12.1 Å². The van der Waals surface area contributed by atoms with Crippen molar-refractivity contribution in [3.63, 3.8) is 0 Å². The van der Waals surface area contributed by atoms with Gasteiger partial charge in [0.05, 0.1) is 4.75 Å². The molecule has 0 bridgehead atoms. The number of halogens is 3. The summed E-state index contributed by atoms with van der Waals surface area (Å²) in [5.41, 5.74) is -1.06. The van der Waals surface area contributed by atoms with Crippen molar-refractivity contribution in [3.05, 3.63) is 0 Å². The highest BCUT2D eigenvalue weighted by molar-refractivity contribution is 8.02. The third-order valence-corrected chi connectivity index (χ3v) is 7.79. The maximum atomic E-state index is 12.7. The Morgan fingerprint density at radius 2 is 2.07 bits per heavy atom. The monoisotopic (exact) mass is 456 g/mol. The zero-order valence-electron chi connectivity index (χ0n) is 14.7. The van der Waals surface area contributed by atoms with E-state index in [4.69, 9.17) is 44.3 Å². The van der Waals surface area contributed by atoms with Gasteiger partial charge in [0.2, 0.25) is 9.70 Å². The van der Waals surface area contributed by atoms with E-state index in [1.54, 1.807) is 0 Å². The molecule has 7 nitrogen and oxygen atoms in total. The molecule has 4 fully saturated rings. The van der Waals surface area contributed by atoms with Gasteiger partial charge in [0.15, 0.2) is 5.54 Å². The summed E-state index contributed by atoms with van der Waals surface area (Å²) in [5, 5.41) is 2.30. The molecule has 5 atom stereocenters. The molecular weight excluding hydrogens is 439 g/mol. The summed E-state index contributed by atoms with van der Waals surface area (Å²) >= 11 is 18.4. The smallest absolute Gasteiger partial charge is 0.408 e. The predicted octanol–water partition coefficient (Wildman–Crippen LogP) is 2.61. The summed E-state index contributed by atoms with van der Waals surface area (Å²) in [7, 11) is 0. The number of hydrogen-bond donors (Lipinski definition) is 1. The second kappa shape index (κ2) is 6.21. The number of fused-ring (bicyclic) bond motifs is 3. The van der Waals surface area contributed by atoms with E-state index >= 15 is 0 Å². The molecule has 2 aliphatic heterocycles. The first-order valence-electron chi connectivity index (χ1n) is 8.71. The summed E-state index contributed by atoms with van der Waals surface area (Å²) in [6.07, 6.45) is 1.82. The Balaban J connectivity index is 1.39. The van der Waals surface area contributed by atoms with E-state index in [1.807, 2.05) is 13.8 Å². The number of carbonyl (C=O) groups excluding carboxylic acids is 3. The van der Waals surface area contributed by atoms with Gasteiger partial charge in [0.25, 0.3) is 0 Å². The number of thioether (sulfide) groups is 1. The van der Waals surface area contributed by atoms with Crippen molar-refractivity contribution in [2.45, 2.75) is 64.7 Å². The van der Waals surface area contributed by atoms with Crippen LogP contribution in [0.25, 0.3) is 0 Å². The Morgan fingerprint density at radius 3 is 2.67 bits per heavy atom. The standard InChI is InChI=1S/C16H19Cl3N2O5S/c1-7(8-3-4-8)26-13(24)20-9-10(22)21-11(9)27-14(2)5-15(14,21)12(23)25-6-16(17,18)19/h7-9,11H,3-6H2,1-2H3,(H,20,24)/t7?,9?,11-,14?,15?/m1/s1. The fourth-order valence-electron chi connectivity index (χ4n) is 3.96. The summed E-state index contributed by atoms with van der Waals surface area (Å²) in [4.78, 5) is 38.9. The minimum Gasteiger partial charge on any atom is -0.459 e.